The van der Waals surface area contributed by atoms with Crippen molar-refractivity contribution >= 4 is 24.0 Å². The predicted octanol–water partition coefficient (Wildman–Crippen LogP) is 3.69. The molecular formula is C17H26INO2. The first kappa shape index (κ1) is 17.2. The Balaban J connectivity index is 0.00000161. The fourth-order valence-electron chi connectivity index (χ4n) is 3.76. The molecule has 3 rings (SSSR count). The average Bonchev–Trinajstić information content (AvgIpc) is 2.88. The molecule has 0 radical (unpaired) electrons. The summed E-state index contributed by atoms with van der Waals surface area (Å²) in [4.78, 5) is 2.38. The SMILES string of the molecule is Cc1cccc(C2(N(C)C)CCC3(CC2)OCCO3)c1.I. The van der Waals surface area contributed by atoms with Crippen LogP contribution >= 0.6 is 24.0 Å². The molecule has 21 heavy (non-hydrogen) atoms. The Bertz CT molecular complexity index is 473. The lowest BCUT2D eigenvalue weighted by molar-refractivity contribution is -0.193. The summed E-state index contributed by atoms with van der Waals surface area (Å²) in [7, 11) is 4.38. The normalized spacial score (nSPS) is 23.2. The van der Waals surface area contributed by atoms with Crippen molar-refractivity contribution in [3.8, 4) is 0 Å². The van der Waals surface area contributed by atoms with Crippen LogP contribution in [0.25, 0.3) is 0 Å². The minimum absolute atomic E-state index is 0. The molecule has 0 atom stereocenters. The van der Waals surface area contributed by atoms with Crippen LogP contribution in [0.2, 0.25) is 0 Å². The number of benzene rings is 1. The summed E-state index contributed by atoms with van der Waals surface area (Å²) in [6.45, 7) is 3.67. The lowest BCUT2D eigenvalue weighted by atomic mass is 9.73. The summed E-state index contributed by atoms with van der Waals surface area (Å²) < 4.78 is 11.7. The highest BCUT2D eigenvalue weighted by atomic mass is 127. The van der Waals surface area contributed by atoms with Crippen molar-refractivity contribution < 1.29 is 9.47 Å². The molecule has 0 amide bonds. The highest BCUT2D eigenvalue weighted by Gasteiger charge is 2.47. The standard InChI is InChI=1S/C17H25NO2.HI/c1-14-5-4-6-15(13-14)16(18(2)3)7-9-17(10-8-16)19-11-12-20-17;/h4-6,13H,7-12H2,1-3H3;1H. The number of halogens is 1. The Morgan fingerprint density at radius 1 is 1.00 bits per heavy atom. The highest BCUT2D eigenvalue weighted by Crippen LogP contribution is 2.47. The molecule has 3 nitrogen and oxygen atoms in total. The third kappa shape index (κ3) is 3.14. The number of ether oxygens (including phenoxy) is 2. The van der Waals surface area contributed by atoms with Gasteiger partial charge >= 0.3 is 0 Å². The molecule has 2 aliphatic rings. The molecule has 118 valence electrons. The van der Waals surface area contributed by atoms with Crippen LogP contribution in [0.4, 0.5) is 0 Å². The number of rotatable bonds is 2. The van der Waals surface area contributed by atoms with Crippen LogP contribution in [-0.2, 0) is 15.0 Å². The largest absolute Gasteiger partial charge is 0.348 e. The molecule has 1 spiro atoms. The van der Waals surface area contributed by atoms with E-state index in [1.165, 1.54) is 11.1 Å². The van der Waals surface area contributed by atoms with E-state index >= 15 is 0 Å². The van der Waals surface area contributed by atoms with E-state index in [2.05, 4.69) is 50.2 Å². The molecule has 1 aromatic carbocycles. The van der Waals surface area contributed by atoms with Gasteiger partial charge in [0, 0.05) is 18.4 Å². The van der Waals surface area contributed by atoms with Gasteiger partial charge in [0.15, 0.2) is 5.79 Å². The monoisotopic (exact) mass is 403 g/mol. The van der Waals surface area contributed by atoms with Gasteiger partial charge in [-0.3, -0.25) is 4.90 Å². The van der Waals surface area contributed by atoms with Crippen molar-refractivity contribution in [1.82, 2.24) is 4.90 Å². The number of hydrogen-bond donors (Lipinski definition) is 0. The molecular weight excluding hydrogens is 377 g/mol. The van der Waals surface area contributed by atoms with Crippen LogP contribution < -0.4 is 0 Å². The van der Waals surface area contributed by atoms with Crippen molar-refractivity contribution in [3.63, 3.8) is 0 Å². The van der Waals surface area contributed by atoms with Gasteiger partial charge in [-0.05, 0) is 39.4 Å². The van der Waals surface area contributed by atoms with E-state index in [9.17, 15) is 0 Å². The van der Waals surface area contributed by atoms with Crippen LogP contribution in [0, 0.1) is 6.92 Å². The molecule has 2 fully saturated rings. The van der Waals surface area contributed by atoms with Gasteiger partial charge in [-0.2, -0.15) is 0 Å². The number of hydrogen-bond acceptors (Lipinski definition) is 3. The average molecular weight is 403 g/mol. The Kier molecular flexibility index (Phi) is 5.34. The van der Waals surface area contributed by atoms with E-state index in [1.54, 1.807) is 0 Å². The second kappa shape index (κ2) is 6.52. The molecule has 0 N–H and O–H groups in total. The molecule has 1 saturated carbocycles. The topological polar surface area (TPSA) is 21.7 Å². The molecule has 1 saturated heterocycles. The first-order chi connectivity index (χ1) is 9.56. The van der Waals surface area contributed by atoms with Gasteiger partial charge in [-0.15, -0.1) is 24.0 Å². The third-order valence-electron chi connectivity index (χ3n) is 5.06. The maximum Gasteiger partial charge on any atom is 0.168 e. The second-order valence-electron chi connectivity index (χ2n) is 6.40. The zero-order valence-corrected chi connectivity index (χ0v) is 15.6. The van der Waals surface area contributed by atoms with E-state index < -0.39 is 0 Å². The van der Waals surface area contributed by atoms with Crippen LogP contribution in [0.1, 0.15) is 36.8 Å². The van der Waals surface area contributed by atoms with Gasteiger partial charge in [-0.1, -0.05) is 29.8 Å². The Hall–Kier alpha value is -0.170. The van der Waals surface area contributed by atoms with Crippen molar-refractivity contribution in [2.45, 2.75) is 43.9 Å². The predicted molar refractivity (Wildman–Crippen MR) is 95.1 cm³/mol. The van der Waals surface area contributed by atoms with Crippen molar-refractivity contribution in [2.75, 3.05) is 27.3 Å². The van der Waals surface area contributed by atoms with E-state index in [1.807, 2.05) is 0 Å². The summed E-state index contributed by atoms with van der Waals surface area (Å²) in [5.41, 5.74) is 2.87. The van der Waals surface area contributed by atoms with E-state index in [0.29, 0.717) is 0 Å². The fourth-order valence-corrected chi connectivity index (χ4v) is 3.76. The maximum absolute atomic E-state index is 5.87. The second-order valence-corrected chi connectivity index (χ2v) is 6.40. The Morgan fingerprint density at radius 3 is 2.14 bits per heavy atom. The highest BCUT2D eigenvalue weighted by molar-refractivity contribution is 14.0. The minimum atomic E-state index is -0.288. The minimum Gasteiger partial charge on any atom is -0.348 e. The van der Waals surface area contributed by atoms with Crippen LogP contribution in [0.5, 0.6) is 0 Å². The maximum atomic E-state index is 5.87. The van der Waals surface area contributed by atoms with Crippen LogP contribution in [0.15, 0.2) is 24.3 Å². The van der Waals surface area contributed by atoms with Gasteiger partial charge in [0.2, 0.25) is 0 Å². The van der Waals surface area contributed by atoms with Gasteiger partial charge in [0.05, 0.1) is 13.2 Å². The molecule has 1 heterocycles. The molecule has 1 aliphatic carbocycles. The zero-order valence-electron chi connectivity index (χ0n) is 13.2. The summed E-state index contributed by atoms with van der Waals surface area (Å²) >= 11 is 0. The smallest absolute Gasteiger partial charge is 0.168 e. The first-order valence-electron chi connectivity index (χ1n) is 7.59. The Morgan fingerprint density at radius 2 is 1.62 bits per heavy atom. The lowest BCUT2D eigenvalue weighted by Crippen LogP contribution is -2.49. The van der Waals surface area contributed by atoms with Crippen molar-refractivity contribution in [1.29, 1.82) is 0 Å². The molecule has 1 aromatic rings. The molecule has 0 bridgehead atoms. The molecule has 1 aliphatic heterocycles. The van der Waals surface area contributed by atoms with Crippen LogP contribution in [-0.4, -0.2) is 38.0 Å². The van der Waals surface area contributed by atoms with Gasteiger partial charge in [0.25, 0.3) is 0 Å². The van der Waals surface area contributed by atoms with Crippen LogP contribution in [0.3, 0.4) is 0 Å². The van der Waals surface area contributed by atoms with Gasteiger partial charge < -0.3 is 9.47 Å². The number of nitrogens with zero attached hydrogens (tertiary/aromatic N) is 1. The molecule has 0 unspecified atom stereocenters. The third-order valence-corrected chi connectivity index (χ3v) is 5.06. The first-order valence-corrected chi connectivity index (χ1v) is 7.59. The lowest BCUT2D eigenvalue weighted by Gasteiger charge is -2.48. The van der Waals surface area contributed by atoms with Crippen molar-refractivity contribution in [2.24, 2.45) is 0 Å². The Labute approximate surface area is 145 Å². The fraction of sp³-hybridized carbons (Fsp3) is 0.647. The van der Waals surface area contributed by atoms with Crippen molar-refractivity contribution in [3.05, 3.63) is 35.4 Å². The summed E-state index contributed by atoms with van der Waals surface area (Å²) in [5, 5.41) is 0. The van der Waals surface area contributed by atoms with Gasteiger partial charge in [-0.25, -0.2) is 0 Å². The summed E-state index contributed by atoms with van der Waals surface area (Å²) in [5.74, 6) is -0.288. The van der Waals surface area contributed by atoms with E-state index in [0.717, 1.165) is 38.9 Å². The zero-order chi connectivity index (χ0) is 14.2. The van der Waals surface area contributed by atoms with Gasteiger partial charge in [0.1, 0.15) is 0 Å². The van der Waals surface area contributed by atoms with E-state index in [4.69, 9.17) is 9.47 Å². The van der Waals surface area contributed by atoms with E-state index in [-0.39, 0.29) is 35.3 Å². The summed E-state index contributed by atoms with van der Waals surface area (Å²) in [6, 6.07) is 8.93. The molecule has 4 heteroatoms. The quantitative estimate of drug-likeness (QED) is 0.704. The summed E-state index contributed by atoms with van der Waals surface area (Å²) in [6.07, 6.45) is 4.14. The molecule has 0 aromatic heterocycles. The number of aryl methyl sites for hydroxylation is 1.